The molecule has 0 radical (unpaired) electrons. The van der Waals surface area contributed by atoms with Gasteiger partial charge in [-0.3, -0.25) is 0 Å². The first-order chi connectivity index (χ1) is 9.08. The van der Waals surface area contributed by atoms with Crippen molar-refractivity contribution < 1.29 is 9.90 Å². The SMILES string of the molecule is CN(CC1CCCCC1)c1cc(C(=O)O)ccc1N. The molecule has 0 aromatic heterocycles. The standard InChI is InChI=1S/C15H22N2O2/c1-17(10-11-5-3-2-4-6-11)14-9-12(15(18)19)7-8-13(14)16/h7-9,11H,2-6,10,16H2,1H3,(H,18,19). The van der Waals surface area contributed by atoms with E-state index in [0.717, 1.165) is 12.2 Å². The molecule has 1 aliphatic carbocycles. The molecule has 4 heteroatoms. The third-order valence-electron chi connectivity index (χ3n) is 3.95. The second kappa shape index (κ2) is 5.95. The van der Waals surface area contributed by atoms with E-state index in [1.165, 1.54) is 32.1 Å². The third kappa shape index (κ3) is 3.40. The van der Waals surface area contributed by atoms with Gasteiger partial charge in [-0.2, -0.15) is 0 Å². The molecule has 1 aromatic carbocycles. The highest BCUT2D eigenvalue weighted by Gasteiger charge is 2.17. The predicted octanol–water partition coefficient (Wildman–Crippen LogP) is 2.98. The molecule has 2 rings (SSSR count). The Kier molecular flexibility index (Phi) is 4.30. The van der Waals surface area contributed by atoms with Gasteiger partial charge in [0.2, 0.25) is 0 Å². The van der Waals surface area contributed by atoms with Crippen molar-refractivity contribution in [3.05, 3.63) is 23.8 Å². The van der Waals surface area contributed by atoms with Gasteiger partial charge >= 0.3 is 5.97 Å². The van der Waals surface area contributed by atoms with E-state index in [1.807, 2.05) is 7.05 Å². The number of hydrogen-bond acceptors (Lipinski definition) is 3. The van der Waals surface area contributed by atoms with Crippen molar-refractivity contribution >= 4 is 17.3 Å². The van der Waals surface area contributed by atoms with Crippen LogP contribution in [0.3, 0.4) is 0 Å². The zero-order valence-corrected chi connectivity index (χ0v) is 11.4. The largest absolute Gasteiger partial charge is 0.478 e. The van der Waals surface area contributed by atoms with Crippen LogP contribution in [-0.4, -0.2) is 24.7 Å². The van der Waals surface area contributed by atoms with E-state index in [9.17, 15) is 4.79 Å². The zero-order valence-electron chi connectivity index (χ0n) is 11.4. The summed E-state index contributed by atoms with van der Waals surface area (Å²) in [6, 6.07) is 4.90. The van der Waals surface area contributed by atoms with Gasteiger partial charge in [-0.25, -0.2) is 4.79 Å². The number of anilines is 2. The van der Waals surface area contributed by atoms with E-state index in [0.29, 0.717) is 17.2 Å². The number of carboxylic acids is 1. The van der Waals surface area contributed by atoms with Crippen LogP contribution >= 0.6 is 0 Å². The lowest BCUT2D eigenvalue weighted by atomic mass is 9.89. The monoisotopic (exact) mass is 262 g/mol. The number of carbonyl (C=O) groups is 1. The van der Waals surface area contributed by atoms with Gasteiger partial charge in [0.15, 0.2) is 0 Å². The van der Waals surface area contributed by atoms with E-state index in [2.05, 4.69) is 4.90 Å². The van der Waals surface area contributed by atoms with Crippen molar-refractivity contribution in [2.24, 2.45) is 5.92 Å². The summed E-state index contributed by atoms with van der Waals surface area (Å²) in [5.41, 5.74) is 7.72. The Bertz CT molecular complexity index is 453. The minimum absolute atomic E-state index is 0.291. The summed E-state index contributed by atoms with van der Waals surface area (Å²) in [6.07, 6.45) is 6.49. The van der Waals surface area contributed by atoms with Crippen LogP contribution in [0, 0.1) is 5.92 Å². The second-order valence-corrected chi connectivity index (χ2v) is 5.46. The Hall–Kier alpha value is -1.71. The van der Waals surface area contributed by atoms with Crippen LogP contribution in [0.4, 0.5) is 11.4 Å². The zero-order chi connectivity index (χ0) is 13.8. The molecule has 0 atom stereocenters. The van der Waals surface area contributed by atoms with Crippen LogP contribution < -0.4 is 10.6 Å². The number of hydrogen-bond donors (Lipinski definition) is 2. The van der Waals surface area contributed by atoms with Gasteiger partial charge in [0, 0.05) is 13.6 Å². The van der Waals surface area contributed by atoms with Crippen LogP contribution in [0.1, 0.15) is 42.5 Å². The number of rotatable bonds is 4. The molecule has 0 heterocycles. The Morgan fingerprint density at radius 1 is 1.37 bits per heavy atom. The van der Waals surface area contributed by atoms with Crippen LogP contribution in [0.5, 0.6) is 0 Å². The maximum atomic E-state index is 11.0. The highest BCUT2D eigenvalue weighted by molar-refractivity contribution is 5.90. The van der Waals surface area contributed by atoms with Crippen molar-refractivity contribution in [1.82, 2.24) is 0 Å². The third-order valence-corrected chi connectivity index (χ3v) is 3.95. The van der Waals surface area contributed by atoms with E-state index in [1.54, 1.807) is 18.2 Å². The van der Waals surface area contributed by atoms with Crippen molar-refractivity contribution in [2.45, 2.75) is 32.1 Å². The number of nitrogen functional groups attached to an aromatic ring is 1. The summed E-state index contributed by atoms with van der Waals surface area (Å²) in [5, 5.41) is 9.04. The van der Waals surface area contributed by atoms with Gasteiger partial charge in [0.1, 0.15) is 0 Å². The maximum absolute atomic E-state index is 11.0. The van der Waals surface area contributed by atoms with Gasteiger partial charge in [0.25, 0.3) is 0 Å². The second-order valence-electron chi connectivity index (χ2n) is 5.46. The number of carboxylic acid groups (broad SMARTS) is 1. The number of aromatic carboxylic acids is 1. The molecule has 1 fully saturated rings. The van der Waals surface area contributed by atoms with Gasteiger partial charge in [-0.1, -0.05) is 19.3 Å². The molecule has 0 aliphatic heterocycles. The molecule has 0 amide bonds. The normalized spacial score (nSPS) is 16.3. The van der Waals surface area contributed by atoms with Crippen molar-refractivity contribution in [2.75, 3.05) is 24.2 Å². The fourth-order valence-corrected chi connectivity index (χ4v) is 2.86. The molecule has 0 unspecified atom stereocenters. The number of benzene rings is 1. The Morgan fingerprint density at radius 2 is 2.05 bits per heavy atom. The first-order valence-electron chi connectivity index (χ1n) is 6.92. The highest BCUT2D eigenvalue weighted by Crippen LogP contribution is 2.28. The summed E-state index contributed by atoms with van der Waals surface area (Å²) >= 11 is 0. The molecule has 0 bridgehead atoms. The fraction of sp³-hybridized carbons (Fsp3) is 0.533. The topological polar surface area (TPSA) is 66.6 Å². The predicted molar refractivity (Wildman–Crippen MR) is 77.7 cm³/mol. The molecule has 0 saturated heterocycles. The maximum Gasteiger partial charge on any atom is 0.335 e. The van der Waals surface area contributed by atoms with Gasteiger partial charge in [-0.15, -0.1) is 0 Å². The summed E-state index contributed by atoms with van der Waals surface area (Å²) in [5.74, 6) is -0.209. The van der Waals surface area contributed by atoms with E-state index in [4.69, 9.17) is 10.8 Å². The molecule has 0 spiro atoms. The van der Waals surface area contributed by atoms with Gasteiger partial charge in [0.05, 0.1) is 16.9 Å². The van der Waals surface area contributed by atoms with Crippen molar-refractivity contribution in [1.29, 1.82) is 0 Å². The first-order valence-corrected chi connectivity index (χ1v) is 6.92. The molecule has 1 saturated carbocycles. The quantitative estimate of drug-likeness (QED) is 0.819. The average molecular weight is 262 g/mol. The lowest BCUT2D eigenvalue weighted by Crippen LogP contribution is -2.27. The van der Waals surface area contributed by atoms with Crippen LogP contribution in [0.15, 0.2) is 18.2 Å². The molecule has 104 valence electrons. The summed E-state index contributed by atoms with van der Waals surface area (Å²) in [6.45, 7) is 0.952. The van der Waals surface area contributed by atoms with Crippen LogP contribution in [0.2, 0.25) is 0 Å². The summed E-state index contributed by atoms with van der Waals surface area (Å²) in [7, 11) is 1.99. The van der Waals surface area contributed by atoms with Crippen molar-refractivity contribution in [3.8, 4) is 0 Å². The average Bonchev–Trinajstić information content (AvgIpc) is 2.40. The van der Waals surface area contributed by atoms with Crippen molar-refractivity contribution in [3.63, 3.8) is 0 Å². The smallest absolute Gasteiger partial charge is 0.335 e. The lowest BCUT2D eigenvalue weighted by Gasteiger charge is -2.29. The molecular weight excluding hydrogens is 240 g/mol. The molecule has 19 heavy (non-hydrogen) atoms. The minimum Gasteiger partial charge on any atom is -0.478 e. The minimum atomic E-state index is -0.910. The van der Waals surface area contributed by atoms with Gasteiger partial charge in [-0.05, 0) is 37.0 Å². The van der Waals surface area contributed by atoms with E-state index >= 15 is 0 Å². The number of nitrogens with two attached hydrogens (primary N) is 1. The Labute approximate surface area is 114 Å². The Balaban J connectivity index is 2.10. The molecule has 4 nitrogen and oxygen atoms in total. The fourth-order valence-electron chi connectivity index (χ4n) is 2.86. The molecule has 1 aliphatic rings. The highest BCUT2D eigenvalue weighted by atomic mass is 16.4. The van der Waals surface area contributed by atoms with E-state index in [-0.39, 0.29) is 0 Å². The van der Waals surface area contributed by atoms with E-state index < -0.39 is 5.97 Å². The number of nitrogens with zero attached hydrogens (tertiary/aromatic N) is 1. The molecular formula is C15H22N2O2. The van der Waals surface area contributed by atoms with Crippen LogP contribution in [0.25, 0.3) is 0 Å². The molecule has 1 aromatic rings. The summed E-state index contributed by atoms with van der Waals surface area (Å²) < 4.78 is 0. The Morgan fingerprint density at radius 3 is 2.68 bits per heavy atom. The summed E-state index contributed by atoms with van der Waals surface area (Å²) in [4.78, 5) is 13.1. The van der Waals surface area contributed by atoms with Crippen LogP contribution in [-0.2, 0) is 0 Å². The first kappa shape index (κ1) is 13.7. The lowest BCUT2D eigenvalue weighted by molar-refractivity contribution is 0.0697. The van der Waals surface area contributed by atoms with Gasteiger partial charge < -0.3 is 15.7 Å². The molecule has 3 N–H and O–H groups in total.